The van der Waals surface area contributed by atoms with Gasteiger partial charge in [0.1, 0.15) is 0 Å². The summed E-state index contributed by atoms with van der Waals surface area (Å²) in [5, 5.41) is 6.60. The van der Waals surface area contributed by atoms with Crippen molar-refractivity contribution >= 4 is 5.97 Å². The molecule has 0 aromatic carbocycles. The van der Waals surface area contributed by atoms with Crippen LogP contribution in [0.4, 0.5) is 0 Å². The lowest BCUT2D eigenvalue weighted by Crippen LogP contribution is -2.14. The second-order valence-corrected chi connectivity index (χ2v) is 2.91. The summed E-state index contributed by atoms with van der Waals surface area (Å²) in [6.45, 7) is 5.43. The first kappa shape index (κ1) is 11.6. The highest BCUT2D eigenvalue weighted by molar-refractivity contribution is 5.84. The lowest BCUT2D eigenvalue weighted by molar-refractivity contribution is 0.0508. The first-order valence-electron chi connectivity index (χ1n) is 4.98. The number of esters is 1. The summed E-state index contributed by atoms with van der Waals surface area (Å²) in [7, 11) is 0. The van der Waals surface area contributed by atoms with Crippen molar-refractivity contribution in [2.45, 2.75) is 26.8 Å². The number of hydrogen-bond donors (Lipinski definition) is 1. The first-order valence-corrected chi connectivity index (χ1v) is 4.98. The van der Waals surface area contributed by atoms with Crippen LogP contribution in [0.15, 0.2) is 4.52 Å². The van der Waals surface area contributed by atoms with E-state index in [2.05, 4.69) is 22.4 Å². The number of carbonyl (C=O) groups is 1. The molecule has 0 saturated heterocycles. The number of ether oxygens (including phenoxy) is 1. The van der Waals surface area contributed by atoms with E-state index in [1.165, 1.54) is 0 Å². The van der Waals surface area contributed by atoms with Crippen LogP contribution in [-0.2, 0) is 11.3 Å². The zero-order valence-corrected chi connectivity index (χ0v) is 8.95. The predicted molar refractivity (Wildman–Crippen MR) is 52.3 cm³/mol. The fourth-order valence-electron chi connectivity index (χ4n) is 0.977. The molecule has 0 aliphatic carbocycles. The molecule has 0 unspecified atom stereocenters. The molecule has 0 aliphatic rings. The summed E-state index contributed by atoms with van der Waals surface area (Å²) in [5.74, 6) is -0.181. The average molecular weight is 213 g/mol. The minimum Gasteiger partial charge on any atom is -0.460 e. The van der Waals surface area contributed by atoms with Crippen molar-refractivity contribution in [1.82, 2.24) is 15.5 Å². The van der Waals surface area contributed by atoms with Gasteiger partial charge >= 0.3 is 5.97 Å². The van der Waals surface area contributed by atoms with Crippen LogP contribution in [0, 0.1) is 0 Å². The molecule has 0 spiro atoms. The zero-order valence-electron chi connectivity index (χ0n) is 8.95. The highest BCUT2D eigenvalue weighted by atomic mass is 16.5. The molecule has 0 bridgehead atoms. The summed E-state index contributed by atoms with van der Waals surface area (Å²) in [5.41, 5.74) is 0. The van der Waals surface area contributed by atoms with Crippen molar-refractivity contribution in [3.63, 3.8) is 0 Å². The van der Waals surface area contributed by atoms with E-state index in [0.29, 0.717) is 19.0 Å². The van der Waals surface area contributed by atoms with Gasteiger partial charge < -0.3 is 14.6 Å². The molecule has 84 valence electrons. The second-order valence-electron chi connectivity index (χ2n) is 2.91. The van der Waals surface area contributed by atoms with Crippen LogP contribution in [0.25, 0.3) is 0 Å². The van der Waals surface area contributed by atoms with Gasteiger partial charge in [-0.2, -0.15) is 4.98 Å². The Balaban J connectivity index is 2.45. The van der Waals surface area contributed by atoms with E-state index in [4.69, 9.17) is 9.26 Å². The topological polar surface area (TPSA) is 77.2 Å². The average Bonchev–Trinajstić information content (AvgIpc) is 2.67. The van der Waals surface area contributed by atoms with Gasteiger partial charge in [-0.1, -0.05) is 6.92 Å². The van der Waals surface area contributed by atoms with E-state index in [1.807, 2.05) is 0 Å². The number of hydrogen-bond acceptors (Lipinski definition) is 6. The van der Waals surface area contributed by atoms with Gasteiger partial charge in [-0.05, 0) is 25.0 Å². The third kappa shape index (κ3) is 3.67. The van der Waals surface area contributed by atoms with Crippen LogP contribution in [0.1, 0.15) is 36.8 Å². The van der Waals surface area contributed by atoms with Gasteiger partial charge in [-0.3, -0.25) is 0 Å². The van der Waals surface area contributed by atoms with Crippen molar-refractivity contribution in [1.29, 1.82) is 0 Å². The standard InChI is InChI=1S/C9H15N3O3/c1-3-5-10-6-7-11-8(12-15-7)9(13)14-4-2/h10H,3-6H2,1-2H3. The van der Waals surface area contributed by atoms with Crippen LogP contribution < -0.4 is 5.32 Å². The van der Waals surface area contributed by atoms with Gasteiger partial charge in [0, 0.05) is 0 Å². The Labute approximate surface area is 88.0 Å². The van der Waals surface area contributed by atoms with E-state index < -0.39 is 5.97 Å². The molecular formula is C9H15N3O3. The summed E-state index contributed by atoms with van der Waals surface area (Å²) < 4.78 is 9.58. The number of aromatic nitrogens is 2. The smallest absolute Gasteiger partial charge is 0.379 e. The molecule has 1 aromatic rings. The Morgan fingerprint density at radius 2 is 2.33 bits per heavy atom. The Bertz CT molecular complexity index is 311. The zero-order chi connectivity index (χ0) is 11.1. The second kappa shape index (κ2) is 6.13. The SMILES string of the molecule is CCCNCc1nc(C(=O)OCC)no1. The molecule has 1 aromatic heterocycles. The molecule has 6 nitrogen and oxygen atoms in total. The van der Waals surface area contributed by atoms with Crippen LogP contribution in [0.2, 0.25) is 0 Å². The molecule has 0 radical (unpaired) electrons. The van der Waals surface area contributed by atoms with Crippen LogP contribution in [-0.4, -0.2) is 29.3 Å². The number of nitrogens with one attached hydrogen (secondary N) is 1. The Morgan fingerprint density at radius 3 is 3.00 bits per heavy atom. The molecule has 0 aliphatic heterocycles. The van der Waals surface area contributed by atoms with Crippen LogP contribution >= 0.6 is 0 Å². The molecule has 1 rings (SSSR count). The molecule has 0 amide bonds. The van der Waals surface area contributed by atoms with Crippen molar-refractivity contribution < 1.29 is 14.1 Å². The van der Waals surface area contributed by atoms with E-state index >= 15 is 0 Å². The lowest BCUT2D eigenvalue weighted by atomic mass is 10.5. The van der Waals surface area contributed by atoms with Gasteiger partial charge in [0.2, 0.25) is 5.89 Å². The van der Waals surface area contributed by atoms with Crippen molar-refractivity contribution in [3.05, 3.63) is 11.7 Å². The quantitative estimate of drug-likeness (QED) is 0.555. The molecule has 15 heavy (non-hydrogen) atoms. The predicted octanol–water partition coefficient (Wildman–Crippen LogP) is 0.746. The Hall–Kier alpha value is -1.43. The van der Waals surface area contributed by atoms with Gasteiger partial charge in [0.05, 0.1) is 13.2 Å². The number of rotatable bonds is 6. The maximum absolute atomic E-state index is 11.2. The van der Waals surface area contributed by atoms with Crippen molar-refractivity contribution in [2.75, 3.05) is 13.2 Å². The molecule has 0 fully saturated rings. The summed E-state index contributed by atoms with van der Waals surface area (Å²) in [6.07, 6.45) is 1.03. The number of carbonyl (C=O) groups excluding carboxylic acids is 1. The van der Waals surface area contributed by atoms with Crippen LogP contribution in [0.3, 0.4) is 0 Å². The van der Waals surface area contributed by atoms with E-state index in [0.717, 1.165) is 13.0 Å². The fourth-order valence-corrected chi connectivity index (χ4v) is 0.977. The number of nitrogens with zero attached hydrogens (tertiary/aromatic N) is 2. The summed E-state index contributed by atoms with van der Waals surface area (Å²) >= 11 is 0. The molecule has 6 heteroatoms. The monoisotopic (exact) mass is 213 g/mol. The van der Waals surface area contributed by atoms with Crippen LogP contribution in [0.5, 0.6) is 0 Å². The normalized spacial score (nSPS) is 10.3. The highest BCUT2D eigenvalue weighted by Gasteiger charge is 2.14. The van der Waals surface area contributed by atoms with E-state index in [1.54, 1.807) is 6.92 Å². The fraction of sp³-hybridized carbons (Fsp3) is 0.667. The maximum atomic E-state index is 11.2. The highest BCUT2D eigenvalue weighted by Crippen LogP contribution is 1.98. The first-order chi connectivity index (χ1) is 7.27. The molecule has 1 N–H and O–H groups in total. The van der Waals surface area contributed by atoms with Crippen molar-refractivity contribution in [3.8, 4) is 0 Å². The maximum Gasteiger partial charge on any atom is 0.379 e. The molecule has 0 atom stereocenters. The van der Waals surface area contributed by atoms with Gasteiger partial charge in [-0.25, -0.2) is 4.79 Å². The van der Waals surface area contributed by atoms with E-state index in [-0.39, 0.29) is 5.82 Å². The summed E-state index contributed by atoms with van der Waals surface area (Å²) in [4.78, 5) is 15.0. The molecule has 1 heterocycles. The minimum atomic E-state index is -0.553. The van der Waals surface area contributed by atoms with Gasteiger partial charge in [-0.15, -0.1) is 0 Å². The van der Waals surface area contributed by atoms with Gasteiger partial charge in [0.15, 0.2) is 0 Å². The third-order valence-corrected chi connectivity index (χ3v) is 1.63. The van der Waals surface area contributed by atoms with Gasteiger partial charge in [0.25, 0.3) is 5.82 Å². The molecular weight excluding hydrogens is 198 g/mol. The Kier molecular flexibility index (Phi) is 4.76. The third-order valence-electron chi connectivity index (χ3n) is 1.63. The molecule has 0 saturated carbocycles. The largest absolute Gasteiger partial charge is 0.460 e. The Morgan fingerprint density at radius 1 is 1.53 bits per heavy atom. The lowest BCUT2D eigenvalue weighted by Gasteiger charge is -1.96. The van der Waals surface area contributed by atoms with E-state index in [9.17, 15) is 4.79 Å². The van der Waals surface area contributed by atoms with Crippen molar-refractivity contribution in [2.24, 2.45) is 0 Å². The minimum absolute atomic E-state index is 0.0230. The summed E-state index contributed by atoms with van der Waals surface area (Å²) in [6, 6.07) is 0.